The summed E-state index contributed by atoms with van der Waals surface area (Å²) >= 11 is 0. The van der Waals surface area contributed by atoms with Gasteiger partial charge in [0.05, 0.1) is 26.4 Å². The van der Waals surface area contributed by atoms with E-state index in [1.165, 1.54) is 225 Å². The molecule has 0 radical (unpaired) electrons. The molecule has 0 saturated carbocycles. The average molecular weight is 1420 g/mol. The van der Waals surface area contributed by atoms with Crippen LogP contribution in [-0.2, 0) is 65.4 Å². The maximum atomic E-state index is 13.1. The molecule has 0 fully saturated rings. The van der Waals surface area contributed by atoms with Crippen LogP contribution in [0.2, 0.25) is 0 Å². The summed E-state index contributed by atoms with van der Waals surface area (Å²) in [7, 11) is -9.91. The van der Waals surface area contributed by atoms with Crippen molar-refractivity contribution in [1.29, 1.82) is 0 Å². The van der Waals surface area contributed by atoms with Crippen molar-refractivity contribution in [3.05, 3.63) is 0 Å². The summed E-state index contributed by atoms with van der Waals surface area (Å²) in [5.74, 6) is -0.605. The lowest BCUT2D eigenvalue weighted by molar-refractivity contribution is -0.161. The Morgan fingerprint density at radius 3 is 0.701 bits per heavy atom. The molecule has 97 heavy (non-hydrogen) atoms. The molecule has 0 aromatic rings. The predicted molar refractivity (Wildman–Crippen MR) is 395 cm³/mol. The third kappa shape index (κ3) is 72.2. The third-order valence-corrected chi connectivity index (χ3v) is 20.1. The first-order valence-corrected chi connectivity index (χ1v) is 43.5. The Bertz CT molecular complexity index is 1870. The second kappa shape index (κ2) is 69.8. The van der Waals surface area contributed by atoms with Crippen LogP contribution >= 0.6 is 15.6 Å². The highest BCUT2D eigenvalue weighted by molar-refractivity contribution is 7.47. The number of esters is 4. The number of carbonyl (C=O) groups excluding carboxylic acids is 4. The molecule has 0 aliphatic rings. The number of hydrogen-bond acceptors (Lipinski definition) is 15. The topological polar surface area (TPSA) is 237 Å². The van der Waals surface area contributed by atoms with E-state index >= 15 is 0 Å². The molecule has 0 amide bonds. The van der Waals surface area contributed by atoms with E-state index in [9.17, 15) is 43.2 Å². The van der Waals surface area contributed by atoms with Crippen molar-refractivity contribution < 1.29 is 80.2 Å². The van der Waals surface area contributed by atoms with E-state index in [0.717, 1.165) is 102 Å². The number of carbonyl (C=O) groups is 4. The predicted octanol–water partition coefficient (Wildman–Crippen LogP) is 23.1. The van der Waals surface area contributed by atoms with Crippen molar-refractivity contribution in [2.75, 3.05) is 39.6 Å². The standard InChI is InChI=1S/C78H152O17P2/c1-7-9-11-13-15-17-19-21-22-23-24-25-26-27-31-38-44-50-56-62-77(82)94-73(66-89-76(81)61-55-49-43-37-32-28-29-34-40-46-52-58-70(3)4)68-92-96(84,85)90-64-72(79)65-91-97(86,87)93-69-74(95-78(83)63-57-51-45-39-33-35-41-47-53-59-71(5)6)67-88-75(80)60-54-48-42-36-30-20-18-16-14-12-10-8-2/h70-74,79H,7-69H2,1-6H3,(H,84,85)(H,86,87)/t72-,73-,74-/m1/s1. The van der Waals surface area contributed by atoms with Gasteiger partial charge in [0.15, 0.2) is 12.2 Å². The number of rotatable bonds is 77. The lowest BCUT2D eigenvalue weighted by Crippen LogP contribution is -2.30. The lowest BCUT2D eigenvalue weighted by atomic mass is 10.0. The molecule has 0 aliphatic heterocycles. The molecule has 2 unspecified atom stereocenters. The molecule has 0 spiro atoms. The molecule has 0 heterocycles. The summed E-state index contributed by atoms with van der Waals surface area (Å²) in [6, 6.07) is 0. The molecule has 576 valence electrons. The summed E-state index contributed by atoms with van der Waals surface area (Å²) in [5, 5.41) is 10.6. The van der Waals surface area contributed by atoms with E-state index in [2.05, 4.69) is 41.5 Å². The molecular formula is C78H152O17P2. The van der Waals surface area contributed by atoms with Gasteiger partial charge in [0.2, 0.25) is 0 Å². The van der Waals surface area contributed by atoms with Gasteiger partial charge < -0.3 is 33.8 Å². The van der Waals surface area contributed by atoms with Crippen LogP contribution in [0.5, 0.6) is 0 Å². The fourth-order valence-electron chi connectivity index (χ4n) is 12.0. The second-order valence-electron chi connectivity index (χ2n) is 29.1. The zero-order chi connectivity index (χ0) is 71.4. The van der Waals surface area contributed by atoms with Gasteiger partial charge in [-0.05, 0) is 37.5 Å². The van der Waals surface area contributed by atoms with Crippen molar-refractivity contribution in [3.63, 3.8) is 0 Å². The highest BCUT2D eigenvalue weighted by Gasteiger charge is 2.30. The number of ether oxygens (including phenoxy) is 4. The number of hydrogen-bond donors (Lipinski definition) is 3. The van der Waals surface area contributed by atoms with E-state index in [1.54, 1.807) is 0 Å². The molecule has 0 aromatic carbocycles. The molecule has 0 saturated heterocycles. The minimum atomic E-state index is -4.96. The lowest BCUT2D eigenvalue weighted by Gasteiger charge is -2.21. The number of aliphatic hydroxyl groups is 1. The first kappa shape index (κ1) is 95.1. The monoisotopic (exact) mass is 1420 g/mol. The maximum absolute atomic E-state index is 13.1. The maximum Gasteiger partial charge on any atom is 0.472 e. The zero-order valence-corrected chi connectivity index (χ0v) is 65.2. The van der Waals surface area contributed by atoms with Crippen LogP contribution in [0.3, 0.4) is 0 Å². The van der Waals surface area contributed by atoms with Crippen LogP contribution < -0.4 is 0 Å². The SMILES string of the molecule is CCCCCCCCCCCCCCCCCCCCCC(=O)O[C@H](COC(=O)CCCCCCCCCCCCCC(C)C)COP(=O)(O)OC[C@@H](O)COP(=O)(O)OC[C@@H](COC(=O)CCCCCCCCCCCCCC)OC(=O)CCCCCCCCCCCC(C)C. The Labute approximate surface area is 594 Å². The van der Waals surface area contributed by atoms with Gasteiger partial charge in [0, 0.05) is 25.7 Å². The smallest absolute Gasteiger partial charge is 0.462 e. The van der Waals surface area contributed by atoms with Crippen LogP contribution in [0.4, 0.5) is 0 Å². The van der Waals surface area contributed by atoms with Crippen LogP contribution in [-0.4, -0.2) is 96.7 Å². The molecule has 0 aromatic heterocycles. The average Bonchev–Trinajstić information content (AvgIpc) is 1.15. The summed E-state index contributed by atoms with van der Waals surface area (Å²) in [6.45, 7) is 9.59. The number of phosphoric ester groups is 2. The van der Waals surface area contributed by atoms with Gasteiger partial charge in [-0.25, -0.2) is 9.13 Å². The van der Waals surface area contributed by atoms with Crippen molar-refractivity contribution in [2.45, 2.75) is 426 Å². The fraction of sp³-hybridized carbons (Fsp3) is 0.949. The van der Waals surface area contributed by atoms with Crippen LogP contribution in [0.1, 0.15) is 408 Å². The molecule has 17 nitrogen and oxygen atoms in total. The summed E-state index contributed by atoms with van der Waals surface area (Å²) in [4.78, 5) is 72.9. The van der Waals surface area contributed by atoms with E-state index in [0.29, 0.717) is 25.7 Å². The Kier molecular flexibility index (Phi) is 68.4. The third-order valence-electron chi connectivity index (χ3n) is 18.2. The fourth-order valence-corrected chi connectivity index (χ4v) is 13.6. The Morgan fingerprint density at radius 1 is 0.278 bits per heavy atom. The zero-order valence-electron chi connectivity index (χ0n) is 63.4. The first-order chi connectivity index (χ1) is 46.9. The van der Waals surface area contributed by atoms with Gasteiger partial charge >= 0.3 is 39.5 Å². The van der Waals surface area contributed by atoms with Gasteiger partial charge in [0.25, 0.3) is 0 Å². The molecule has 0 aliphatic carbocycles. The Hall–Kier alpha value is -1.94. The second-order valence-corrected chi connectivity index (χ2v) is 32.0. The van der Waals surface area contributed by atoms with Crippen molar-refractivity contribution in [2.24, 2.45) is 11.8 Å². The minimum Gasteiger partial charge on any atom is -0.462 e. The number of aliphatic hydroxyl groups excluding tert-OH is 1. The van der Waals surface area contributed by atoms with Gasteiger partial charge in [-0.15, -0.1) is 0 Å². The molecule has 3 N–H and O–H groups in total. The molecule has 5 atom stereocenters. The van der Waals surface area contributed by atoms with Crippen LogP contribution in [0.15, 0.2) is 0 Å². The van der Waals surface area contributed by atoms with Gasteiger partial charge in [0.1, 0.15) is 19.3 Å². The van der Waals surface area contributed by atoms with Crippen molar-refractivity contribution in [3.8, 4) is 0 Å². The summed E-state index contributed by atoms with van der Waals surface area (Å²) in [5.41, 5.74) is 0. The normalized spacial score (nSPS) is 14.0. The summed E-state index contributed by atoms with van der Waals surface area (Å²) < 4.78 is 68.6. The number of phosphoric acid groups is 2. The van der Waals surface area contributed by atoms with E-state index in [4.69, 9.17) is 37.0 Å². The highest BCUT2D eigenvalue weighted by Crippen LogP contribution is 2.45. The van der Waals surface area contributed by atoms with E-state index < -0.39 is 97.5 Å². The van der Waals surface area contributed by atoms with Gasteiger partial charge in [-0.1, -0.05) is 356 Å². The first-order valence-electron chi connectivity index (χ1n) is 40.5. The Balaban J connectivity index is 5.24. The van der Waals surface area contributed by atoms with Crippen molar-refractivity contribution >= 4 is 39.5 Å². The van der Waals surface area contributed by atoms with Crippen LogP contribution in [0, 0.1) is 11.8 Å². The van der Waals surface area contributed by atoms with E-state index in [1.807, 2.05) is 0 Å². The quantitative estimate of drug-likeness (QED) is 0.0222. The van der Waals surface area contributed by atoms with Gasteiger partial charge in [-0.2, -0.15) is 0 Å². The molecule has 0 rings (SSSR count). The van der Waals surface area contributed by atoms with Crippen LogP contribution in [0.25, 0.3) is 0 Å². The molecule has 0 bridgehead atoms. The van der Waals surface area contributed by atoms with Gasteiger partial charge in [-0.3, -0.25) is 37.3 Å². The van der Waals surface area contributed by atoms with Crippen molar-refractivity contribution in [1.82, 2.24) is 0 Å². The molecule has 19 heteroatoms. The summed E-state index contributed by atoms with van der Waals surface area (Å²) in [6.07, 6.45) is 58.2. The molecular weight excluding hydrogens is 1270 g/mol. The number of unbranched alkanes of at least 4 members (excludes halogenated alkanes) is 47. The Morgan fingerprint density at radius 2 is 0.474 bits per heavy atom. The minimum absolute atomic E-state index is 0.106. The largest absolute Gasteiger partial charge is 0.472 e. The van der Waals surface area contributed by atoms with E-state index in [-0.39, 0.29) is 25.7 Å². The highest BCUT2D eigenvalue weighted by atomic mass is 31.2.